The molecule has 0 spiro atoms. The number of carboxylic acid groups (broad SMARTS) is 1. The lowest BCUT2D eigenvalue weighted by atomic mass is 10.2. The molecule has 2 rings (SSSR count). The molecule has 0 aromatic carbocycles. The number of aromatic nitrogens is 2. The molecule has 1 amide bonds. The first kappa shape index (κ1) is 12.6. The van der Waals surface area contributed by atoms with Crippen molar-refractivity contribution in [2.24, 2.45) is 0 Å². The van der Waals surface area contributed by atoms with Crippen molar-refractivity contribution in [3.05, 3.63) is 24.3 Å². The first-order valence-electron chi connectivity index (χ1n) is 5.18. The molecule has 1 atom stereocenters. The second kappa shape index (κ2) is 5.21. The Hall–Kier alpha value is -1.83. The van der Waals surface area contributed by atoms with Gasteiger partial charge >= 0.3 is 6.16 Å². The van der Waals surface area contributed by atoms with Crippen molar-refractivity contribution in [2.75, 3.05) is 11.5 Å². The molecule has 7 nitrogen and oxygen atoms in total. The zero-order valence-electron chi connectivity index (χ0n) is 9.33. The van der Waals surface area contributed by atoms with Crippen LogP contribution in [0.5, 0.6) is 0 Å². The molecule has 1 aliphatic rings. The molecule has 2 heterocycles. The summed E-state index contributed by atoms with van der Waals surface area (Å²) in [6.07, 6.45) is 3.08. The topological polar surface area (TPSA) is 101 Å². The number of hydrogen-bond donors (Lipinski definition) is 2. The van der Waals surface area contributed by atoms with Gasteiger partial charge in [0.1, 0.15) is 6.33 Å². The van der Waals surface area contributed by atoms with Gasteiger partial charge < -0.3 is 15.2 Å². The molecule has 1 aromatic rings. The quantitative estimate of drug-likeness (QED) is 0.616. The van der Waals surface area contributed by atoms with E-state index in [1.54, 1.807) is 0 Å². The standard InChI is InChI=1S/C10H11N3O4S/c14-8(7-3-11-6-12-4-7)13-10(17-9(15)16)1-2-18-5-10/h3-4,6H,1-2,5H2,(H,13,14)(H,15,16). The van der Waals surface area contributed by atoms with Gasteiger partial charge in [-0.05, 0) is 5.75 Å². The lowest BCUT2D eigenvalue weighted by Gasteiger charge is -2.27. The number of rotatable bonds is 3. The zero-order valence-corrected chi connectivity index (χ0v) is 10.1. The van der Waals surface area contributed by atoms with Gasteiger partial charge in [0.25, 0.3) is 5.91 Å². The third-order valence-corrected chi connectivity index (χ3v) is 3.60. The van der Waals surface area contributed by atoms with Gasteiger partial charge in [-0.25, -0.2) is 14.8 Å². The molecule has 0 bridgehead atoms. The van der Waals surface area contributed by atoms with Crippen LogP contribution in [0.25, 0.3) is 0 Å². The molecule has 1 fully saturated rings. The second-order valence-corrected chi connectivity index (χ2v) is 4.85. The van der Waals surface area contributed by atoms with Crippen molar-refractivity contribution >= 4 is 23.8 Å². The van der Waals surface area contributed by atoms with E-state index in [9.17, 15) is 9.59 Å². The molecule has 8 heteroatoms. The van der Waals surface area contributed by atoms with Crippen LogP contribution in [-0.2, 0) is 4.74 Å². The predicted molar refractivity (Wildman–Crippen MR) is 63.3 cm³/mol. The van der Waals surface area contributed by atoms with E-state index in [0.29, 0.717) is 12.2 Å². The van der Waals surface area contributed by atoms with Crippen LogP contribution in [0.15, 0.2) is 18.7 Å². The molecule has 1 saturated heterocycles. The summed E-state index contributed by atoms with van der Waals surface area (Å²) in [4.78, 5) is 30.0. The largest absolute Gasteiger partial charge is 0.507 e. The Morgan fingerprint density at radius 3 is 2.72 bits per heavy atom. The van der Waals surface area contributed by atoms with E-state index >= 15 is 0 Å². The molecule has 0 aliphatic carbocycles. The lowest BCUT2D eigenvalue weighted by Crippen LogP contribution is -2.51. The highest BCUT2D eigenvalue weighted by molar-refractivity contribution is 7.99. The summed E-state index contributed by atoms with van der Waals surface area (Å²) in [6, 6.07) is 0. The third-order valence-electron chi connectivity index (χ3n) is 2.43. The Labute approximate surface area is 107 Å². The van der Waals surface area contributed by atoms with E-state index in [0.717, 1.165) is 5.75 Å². The average Bonchev–Trinajstić information content (AvgIpc) is 2.77. The molecule has 18 heavy (non-hydrogen) atoms. The number of thioether (sulfide) groups is 1. The highest BCUT2D eigenvalue weighted by Crippen LogP contribution is 2.29. The minimum atomic E-state index is -1.40. The lowest BCUT2D eigenvalue weighted by molar-refractivity contribution is -0.0198. The van der Waals surface area contributed by atoms with Crippen LogP contribution in [0.3, 0.4) is 0 Å². The van der Waals surface area contributed by atoms with E-state index in [-0.39, 0.29) is 5.56 Å². The Balaban J connectivity index is 2.10. The fourth-order valence-electron chi connectivity index (χ4n) is 1.61. The Bertz CT molecular complexity index is 448. The maximum absolute atomic E-state index is 11.9. The van der Waals surface area contributed by atoms with Crippen LogP contribution in [0, 0.1) is 0 Å². The molecular formula is C10H11N3O4S. The monoisotopic (exact) mass is 269 g/mol. The molecule has 96 valence electrons. The smallest absolute Gasteiger partial charge is 0.450 e. The molecule has 2 N–H and O–H groups in total. The Kier molecular flexibility index (Phi) is 3.66. The Morgan fingerprint density at radius 2 is 2.17 bits per heavy atom. The highest BCUT2D eigenvalue weighted by atomic mass is 32.2. The number of carbonyl (C=O) groups is 2. The maximum Gasteiger partial charge on any atom is 0.507 e. The van der Waals surface area contributed by atoms with Gasteiger partial charge in [0.2, 0.25) is 0 Å². The van der Waals surface area contributed by atoms with Crippen LogP contribution in [0.4, 0.5) is 4.79 Å². The summed E-state index contributed by atoms with van der Waals surface area (Å²) >= 11 is 1.53. The number of carbonyl (C=O) groups excluding carboxylic acids is 1. The van der Waals surface area contributed by atoms with Crippen LogP contribution in [0.2, 0.25) is 0 Å². The van der Waals surface area contributed by atoms with E-state index < -0.39 is 17.8 Å². The summed E-state index contributed by atoms with van der Waals surface area (Å²) in [7, 11) is 0. The van der Waals surface area contributed by atoms with Gasteiger partial charge in [0.15, 0.2) is 5.72 Å². The predicted octanol–water partition coefficient (Wildman–Crippen LogP) is 0.734. The van der Waals surface area contributed by atoms with Crippen molar-refractivity contribution in [1.82, 2.24) is 15.3 Å². The van der Waals surface area contributed by atoms with Gasteiger partial charge in [0.05, 0.1) is 11.3 Å². The summed E-state index contributed by atoms with van der Waals surface area (Å²) in [6.45, 7) is 0. The van der Waals surface area contributed by atoms with Gasteiger partial charge in [-0.1, -0.05) is 0 Å². The molecule has 0 radical (unpaired) electrons. The molecule has 1 unspecified atom stereocenters. The SMILES string of the molecule is O=C(O)OC1(NC(=O)c2cncnc2)CCSC1. The van der Waals surface area contributed by atoms with E-state index in [2.05, 4.69) is 15.3 Å². The number of amides is 1. The second-order valence-electron chi connectivity index (χ2n) is 3.75. The van der Waals surface area contributed by atoms with Gasteiger partial charge in [-0.15, -0.1) is 0 Å². The Morgan fingerprint density at radius 1 is 1.44 bits per heavy atom. The number of hydrogen-bond acceptors (Lipinski definition) is 6. The molecule has 1 aliphatic heterocycles. The summed E-state index contributed by atoms with van der Waals surface area (Å²) in [5, 5.41) is 11.3. The van der Waals surface area contributed by atoms with Crippen molar-refractivity contribution in [3.63, 3.8) is 0 Å². The van der Waals surface area contributed by atoms with E-state index in [1.807, 2.05) is 0 Å². The molecular weight excluding hydrogens is 258 g/mol. The number of nitrogens with one attached hydrogen (secondary N) is 1. The van der Waals surface area contributed by atoms with E-state index in [4.69, 9.17) is 9.84 Å². The highest BCUT2D eigenvalue weighted by Gasteiger charge is 2.40. The normalized spacial score (nSPS) is 22.4. The van der Waals surface area contributed by atoms with Crippen molar-refractivity contribution in [2.45, 2.75) is 12.1 Å². The fourth-order valence-corrected chi connectivity index (χ4v) is 2.84. The van der Waals surface area contributed by atoms with Crippen molar-refractivity contribution in [3.8, 4) is 0 Å². The van der Waals surface area contributed by atoms with Crippen LogP contribution >= 0.6 is 11.8 Å². The van der Waals surface area contributed by atoms with Crippen LogP contribution < -0.4 is 5.32 Å². The summed E-state index contributed by atoms with van der Waals surface area (Å²) in [5.41, 5.74) is -0.883. The maximum atomic E-state index is 11.9. The minimum absolute atomic E-state index is 0.266. The minimum Gasteiger partial charge on any atom is -0.450 e. The number of nitrogens with zero attached hydrogens (tertiary/aromatic N) is 2. The van der Waals surface area contributed by atoms with Crippen molar-refractivity contribution < 1.29 is 19.4 Å². The first-order valence-corrected chi connectivity index (χ1v) is 6.34. The number of ether oxygens (including phenoxy) is 1. The van der Waals surface area contributed by atoms with Gasteiger partial charge in [-0.2, -0.15) is 11.8 Å². The van der Waals surface area contributed by atoms with Gasteiger partial charge in [-0.3, -0.25) is 4.79 Å². The fraction of sp³-hybridized carbons (Fsp3) is 0.400. The first-order chi connectivity index (χ1) is 8.61. The van der Waals surface area contributed by atoms with Crippen molar-refractivity contribution in [1.29, 1.82) is 0 Å². The summed E-state index contributed by atoms with van der Waals surface area (Å²) < 4.78 is 4.81. The zero-order chi connectivity index (χ0) is 13.0. The van der Waals surface area contributed by atoms with Gasteiger partial charge in [0, 0.05) is 18.8 Å². The van der Waals surface area contributed by atoms with Crippen LogP contribution in [0.1, 0.15) is 16.8 Å². The van der Waals surface area contributed by atoms with Crippen LogP contribution in [-0.4, -0.2) is 44.4 Å². The third kappa shape index (κ3) is 2.89. The summed E-state index contributed by atoms with van der Waals surface area (Å²) in [5.74, 6) is 0.691. The molecule has 1 aromatic heterocycles. The average molecular weight is 269 g/mol. The molecule has 0 saturated carbocycles. The van der Waals surface area contributed by atoms with E-state index in [1.165, 1.54) is 30.5 Å².